The monoisotopic (exact) mass is 491 g/mol. The van der Waals surface area contributed by atoms with E-state index in [4.69, 9.17) is 24.6 Å². The van der Waals surface area contributed by atoms with Gasteiger partial charge in [0.1, 0.15) is 23.3 Å². The lowest BCUT2D eigenvalue weighted by molar-refractivity contribution is 0.0474. The van der Waals surface area contributed by atoms with E-state index in [-0.39, 0.29) is 23.5 Å². The SMILES string of the molecule is COc1ccc(Cn2cnc(=N)c3[nH]c(C(C)OCc4ccc(F)cc4)nc32)cc1OC1CCCC1. The lowest BCUT2D eigenvalue weighted by Crippen LogP contribution is -2.14. The summed E-state index contributed by atoms with van der Waals surface area (Å²) >= 11 is 0. The molecule has 0 amide bonds. The lowest BCUT2D eigenvalue weighted by atomic mass is 10.2. The Labute approximate surface area is 208 Å². The highest BCUT2D eigenvalue weighted by Crippen LogP contribution is 2.33. The van der Waals surface area contributed by atoms with E-state index in [2.05, 4.69) is 9.97 Å². The van der Waals surface area contributed by atoms with Gasteiger partial charge in [0.25, 0.3) is 0 Å². The van der Waals surface area contributed by atoms with E-state index in [0.717, 1.165) is 35.5 Å². The van der Waals surface area contributed by atoms with Crippen LogP contribution in [-0.2, 0) is 17.9 Å². The maximum Gasteiger partial charge on any atom is 0.173 e. The average Bonchev–Trinajstić information content (AvgIpc) is 3.56. The van der Waals surface area contributed by atoms with Gasteiger partial charge < -0.3 is 23.8 Å². The molecule has 1 aliphatic carbocycles. The second kappa shape index (κ2) is 10.5. The molecule has 1 unspecified atom stereocenters. The third-order valence-electron chi connectivity index (χ3n) is 6.51. The van der Waals surface area contributed by atoms with Gasteiger partial charge >= 0.3 is 0 Å². The number of rotatable bonds is 9. The fourth-order valence-corrected chi connectivity index (χ4v) is 4.48. The van der Waals surface area contributed by atoms with Crippen molar-refractivity contribution in [2.75, 3.05) is 7.11 Å². The number of ether oxygens (including phenoxy) is 3. The standard InChI is InChI=1S/C27H30FN5O3/c1-17(35-15-18-7-10-20(28)11-8-18)26-31-24-25(29)30-16-33(27(24)32-26)14-19-9-12-22(34-2)23(13-19)36-21-5-3-4-6-21/h7-13,16-17,21,29H,3-6,14-15H2,1-2H3,(H,31,32). The molecule has 4 aromatic rings. The van der Waals surface area contributed by atoms with Gasteiger partial charge in [-0.1, -0.05) is 18.2 Å². The van der Waals surface area contributed by atoms with Gasteiger partial charge in [-0.25, -0.2) is 14.4 Å². The first kappa shape index (κ1) is 24.0. The Kier molecular flexibility index (Phi) is 6.99. The lowest BCUT2D eigenvalue weighted by Gasteiger charge is -2.17. The maximum atomic E-state index is 13.2. The molecule has 0 spiro atoms. The zero-order valence-electron chi connectivity index (χ0n) is 20.5. The topological polar surface area (TPSA) is 98.0 Å². The number of nitrogens with zero attached hydrogens (tertiary/aromatic N) is 3. The van der Waals surface area contributed by atoms with Crippen LogP contribution in [0.3, 0.4) is 0 Å². The van der Waals surface area contributed by atoms with Gasteiger partial charge in [-0.3, -0.25) is 5.41 Å². The molecule has 8 nitrogen and oxygen atoms in total. The number of hydrogen-bond donors (Lipinski definition) is 2. The second-order valence-electron chi connectivity index (χ2n) is 9.13. The highest BCUT2D eigenvalue weighted by Gasteiger charge is 2.19. The van der Waals surface area contributed by atoms with Crippen LogP contribution in [-0.4, -0.2) is 32.7 Å². The highest BCUT2D eigenvalue weighted by molar-refractivity contribution is 5.69. The van der Waals surface area contributed by atoms with Crippen LogP contribution in [0.2, 0.25) is 0 Å². The first-order valence-corrected chi connectivity index (χ1v) is 12.2. The first-order valence-electron chi connectivity index (χ1n) is 12.2. The third kappa shape index (κ3) is 5.26. The van der Waals surface area contributed by atoms with Gasteiger partial charge in [0, 0.05) is 0 Å². The molecule has 1 fully saturated rings. The van der Waals surface area contributed by atoms with Crippen LogP contribution in [0, 0.1) is 11.2 Å². The van der Waals surface area contributed by atoms with Crippen molar-refractivity contribution < 1.29 is 18.6 Å². The van der Waals surface area contributed by atoms with Crippen LogP contribution >= 0.6 is 0 Å². The minimum absolute atomic E-state index is 0.116. The molecule has 1 saturated carbocycles. The summed E-state index contributed by atoms with van der Waals surface area (Å²) < 4.78 is 32.8. The van der Waals surface area contributed by atoms with E-state index < -0.39 is 0 Å². The Balaban J connectivity index is 1.37. The van der Waals surface area contributed by atoms with Gasteiger partial charge in [-0.2, -0.15) is 0 Å². The zero-order chi connectivity index (χ0) is 25.1. The summed E-state index contributed by atoms with van der Waals surface area (Å²) in [5.41, 5.74) is 3.16. The van der Waals surface area contributed by atoms with Crippen LogP contribution < -0.4 is 15.0 Å². The number of methoxy groups -OCH3 is 1. The molecule has 9 heteroatoms. The molecule has 2 heterocycles. The van der Waals surface area contributed by atoms with E-state index in [1.54, 1.807) is 25.6 Å². The molecule has 0 aliphatic heterocycles. The minimum atomic E-state index is -0.359. The number of H-pyrrole nitrogens is 1. The van der Waals surface area contributed by atoms with E-state index in [1.807, 2.05) is 29.7 Å². The largest absolute Gasteiger partial charge is 0.493 e. The third-order valence-corrected chi connectivity index (χ3v) is 6.51. The van der Waals surface area contributed by atoms with Crippen LogP contribution in [0.25, 0.3) is 11.2 Å². The van der Waals surface area contributed by atoms with Crippen molar-refractivity contribution >= 4 is 11.2 Å². The van der Waals surface area contributed by atoms with Gasteiger partial charge in [-0.15, -0.1) is 0 Å². The highest BCUT2D eigenvalue weighted by atomic mass is 19.1. The minimum Gasteiger partial charge on any atom is -0.493 e. The maximum absolute atomic E-state index is 13.2. The van der Waals surface area contributed by atoms with E-state index in [0.29, 0.717) is 30.1 Å². The molecule has 0 bridgehead atoms. The fourth-order valence-electron chi connectivity index (χ4n) is 4.48. The summed E-state index contributed by atoms with van der Waals surface area (Å²) in [4.78, 5) is 12.2. The summed E-state index contributed by atoms with van der Waals surface area (Å²) in [6.07, 6.45) is 6.01. The molecule has 1 atom stereocenters. The molecule has 0 saturated heterocycles. The molecule has 0 radical (unpaired) electrons. The molecule has 2 N–H and O–H groups in total. The van der Waals surface area contributed by atoms with Gasteiger partial charge in [0.2, 0.25) is 0 Å². The van der Waals surface area contributed by atoms with E-state index in [1.165, 1.54) is 25.0 Å². The van der Waals surface area contributed by atoms with Crippen molar-refractivity contribution in [3.8, 4) is 11.5 Å². The summed E-state index contributed by atoms with van der Waals surface area (Å²) in [5.74, 6) is 1.78. The molecule has 2 aromatic carbocycles. The normalized spacial score (nSPS) is 14.9. The molecule has 36 heavy (non-hydrogen) atoms. The van der Waals surface area contributed by atoms with Crippen molar-refractivity contribution in [3.63, 3.8) is 0 Å². The van der Waals surface area contributed by atoms with Gasteiger partial charge in [0.15, 0.2) is 22.6 Å². The molecular weight excluding hydrogens is 461 g/mol. The number of fused-ring (bicyclic) bond motifs is 1. The Morgan fingerprint density at radius 1 is 1.11 bits per heavy atom. The Morgan fingerprint density at radius 2 is 1.86 bits per heavy atom. The van der Waals surface area contributed by atoms with Crippen LogP contribution in [0.1, 0.15) is 55.7 Å². The summed E-state index contributed by atoms with van der Waals surface area (Å²) in [6, 6.07) is 12.1. The molecule has 188 valence electrons. The number of halogens is 1. The predicted octanol–water partition coefficient (Wildman–Crippen LogP) is 5.03. The quantitative estimate of drug-likeness (QED) is 0.342. The van der Waals surface area contributed by atoms with Crippen molar-refractivity contribution in [2.45, 2.75) is 58.0 Å². The Hall–Kier alpha value is -3.72. The number of hydrogen-bond acceptors (Lipinski definition) is 6. The second-order valence-corrected chi connectivity index (χ2v) is 9.13. The van der Waals surface area contributed by atoms with Crippen molar-refractivity contribution in [1.82, 2.24) is 19.5 Å². The summed E-state index contributed by atoms with van der Waals surface area (Å²) in [7, 11) is 1.65. The number of aromatic nitrogens is 4. The number of nitrogens with one attached hydrogen (secondary N) is 2. The smallest absolute Gasteiger partial charge is 0.173 e. The van der Waals surface area contributed by atoms with Crippen molar-refractivity contribution in [3.05, 3.63) is 77.0 Å². The molecule has 2 aromatic heterocycles. The number of imidazole rings is 1. The fraction of sp³-hybridized carbons (Fsp3) is 0.370. The van der Waals surface area contributed by atoms with Crippen molar-refractivity contribution in [1.29, 1.82) is 5.41 Å². The molecule has 1 aliphatic rings. The van der Waals surface area contributed by atoms with Gasteiger partial charge in [-0.05, 0) is 68.0 Å². The van der Waals surface area contributed by atoms with Crippen molar-refractivity contribution in [2.24, 2.45) is 0 Å². The zero-order valence-corrected chi connectivity index (χ0v) is 20.5. The number of aromatic amines is 1. The molecule has 5 rings (SSSR count). The Bertz CT molecular complexity index is 1390. The van der Waals surface area contributed by atoms with Crippen LogP contribution in [0.15, 0.2) is 48.8 Å². The predicted molar refractivity (Wildman–Crippen MR) is 132 cm³/mol. The summed E-state index contributed by atoms with van der Waals surface area (Å²) in [6.45, 7) is 2.71. The summed E-state index contributed by atoms with van der Waals surface area (Å²) in [5, 5.41) is 8.25. The van der Waals surface area contributed by atoms with Gasteiger partial charge in [0.05, 0.1) is 32.7 Å². The Morgan fingerprint density at radius 3 is 2.61 bits per heavy atom. The first-order chi connectivity index (χ1) is 17.5. The van der Waals surface area contributed by atoms with Crippen LogP contribution in [0.5, 0.6) is 11.5 Å². The van der Waals surface area contributed by atoms with E-state index in [9.17, 15) is 4.39 Å². The average molecular weight is 492 g/mol. The van der Waals surface area contributed by atoms with Crippen LogP contribution in [0.4, 0.5) is 4.39 Å². The van der Waals surface area contributed by atoms with E-state index >= 15 is 0 Å². The number of benzene rings is 2. The molecular formula is C27H30FN5O3.